The van der Waals surface area contributed by atoms with Crippen LogP contribution in [0.15, 0.2) is 0 Å². The van der Waals surface area contributed by atoms with Crippen LogP contribution in [0.5, 0.6) is 0 Å². The van der Waals surface area contributed by atoms with Crippen molar-refractivity contribution >= 4 is 0 Å². The van der Waals surface area contributed by atoms with Gasteiger partial charge < -0.3 is 10.2 Å². The zero-order valence-electron chi connectivity index (χ0n) is 11.3. The third-order valence-electron chi connectivity index (χ3n) is 2.86. The van der Waals surface area contributed by atoms with Crippen LogP contribution in [0, 0.1) is 5.92 Å². The van der Waals surface area contributed by atoms with Gasteiger partial charge in [-0.25, -0.2) is 0 Å². The molecule has 0 heterocycles. The fourth-order valence-corrected chi connectivity index (χ4v) is 1.71. The highest BCUT2D eigenvalue weighted by Crippen LogP contribution is 2.04. The second-order valence-electron chi connectivity index (χ2n) is 5.07. The van der Waals surface area contributed by atoms with Crippen molar-refractivity contribution < 1.29 is 0 Å². The lowest BCUT2D eigenvalue weighted by atomic mass is 10.1. The molecule has 0 radical (unpaired) electrons. The van der Waals surface area contributed by atoms with Gasteiger partial charge in [0.2, 0.25) is 0 Å². The molecule has 2 nitrogen and oxygen atoms in total. The number of hydrogen-bond donors (Lipinski definition) is 1. The zero-order valence-corrected chi connectivity index (χ0v) is 11.3. The summed E-state index contributed by atoms with van der Waals surface area (Å²) < 4.78 is 0. The van der Waals surface area contributed by atoms with Crippen LogP contribution < -0.4 is 5.32 Å². The van der Waals surface area contributed by atoms with Gasteiger partial charge in [-0.15, -0.1) is 0 Å². The van der Waals surface area contributed by atoms with E-state index < -0.39 is 0 Å². The molecule has 0 aliphatic carbocycles. The van der Waals surface area contributed by atoms with E-state index in [0.29, 0.717) is 0 Å². The van der Waals surface area contributed by atoms with Gasteiger partial charge in [0.15, 0.2) is 0 Å². The second-order valence-corrected chi connectivity index (χ2v) is 5.07. The summed E-state index contributed by atoms with van der Waals surface area (Å²) in [4.78, 5) is 2.46. The lowest BCUT2D eigenvalue weighted by molar-refractivity contribution is 0.242. The molecule has 0 saturated heterocycles. The summed E-state index contributed by atoms with van der Waals surface area (Å²) in [5, 5.41) is 3.49. The predicted octanol–water partition coefficient (Wildman–Crippen LogP) is 2.74. The third-order valence-corrected chi connectivity index (χ3v) is 2.86. The predicted molar refractivity (Wildman–Crippen MR) is 69.3 cm³/mol. The molecule has 0 aromatic heterocycles. The average Bonchev–Trinajstić information content (AvgIpc) is 2.16. The highest BCUT2D eigenvalue weighted by atomic mass is 15.1. The highest BCUT2D eigenvalue weighted by Gasteiger charge is 2.06. The molecular formula is C13H30N2. The Bertz CT molecular complexity index is 134. The SMILES string of the molecule is CCCN(C)C(C)CCCNCC(C)C. The molecule has 0 aromatic carbocycles. The largest absolute Gasteiger partial charge is 0.316 e. The zero-order chi connectivity index (χ0) is 11.7. The molecule has 15 heavy (non-hydrogen) atoms. The molecule has 0 aliphatic heterocycles. The Kier molecular flexibility index (Phi) is 9.12. The van der Waals surface area contributed by atoms with Gasteiger partial charge in [0.05, 0.1) is 0 Å². The van der Waals surface area contributed by atoms with Crippen LogP contribution in [0.2, 0.25) is 0 Å². The third kappa shape index (κ3) is 8.88. The van der Waals surface area contributed by atoms with E-state index in [4.69, 9.17) is 0 Å². The fourth-order valence-electron chi connectivity index (χ4n) is 1.71. The van der Waals surface area contributed by atoms with Crippen molar-refractivity contribution in [1.29, 1.82) is 0 Å². The molecule has 1 N–H and O–H groups in total. The van der Waals surface area contributed by atoms with Crippen molar-refractivity contribution in [1.82, 2.24) is 10.2 Å². The van der Waals surface area contributed by atoms with Crippen molar-refractivity contribution in [2.45, 2.75) is 53.0 Å². The summed E-state index contributed by atoms with van der Waals surface area (Å²) in [6.45, 7) is 12.6. The van der Waals surface area contributed by atoms with E-state index in [0.717, 1.165) is 18.5 Å². The maximum atomic E-state index is 3.49. The van der Waals surface area contributed by atoms with Gasteiger partial charge in [-0.2, -0.15) is 0 Å². The summed E-state index contributed by atoms with van der Waals surface area (Å²) >= 11 is 0. The van der Waals surface area contributed by atoms with Crippen LogP contribution in [0.1, 0.15) is 47.0 Å². The highest BCUT2D eigenvalue weighted by molar-refractivity contribution is 4.63. The quantitative estimate of drug-likeness (QED) is 0.594. The van der Waals surface area contributed by atoms with E-state index in [1.807, 2.05) is 0 Å². The van der Waals surface area contributed by atoms with Crippen LogP contribution in [0.4, 0.5) is 0 Å². The fraction of sp³-hybridized carbons (Fsp3) is 1.00. The number of nitrogens with zero attached hydrogens (tertiary/aromatic N) is 1. The maximum absolute atomic E-state index is 3.49. The lowest BCUT2D eigenvalue weighted by Gasteiger charge is -2.24. The molecule has 0 bridgehead atoms. The second kappa shape index (κ2) is 9.17. The minimum Gasteiger partial charge on any atom is -0.316 e. The first-order valence-corrected chi connectivity index (χ1v) is 6.48. The molecule has 0 fully saturated rings. The number of hydrogen-bond acceptors (Lipinski definition) is 2. The topological polar surface area (TPSA) is 15.3 Å². The minimum atomic E-state index is 0.728. The lowest BCUT2D eigenvalue weighted by Crippen LogP contribution is -2.30. The Labute approximate surface area is 96.4 Å². The van der Waals surface area contributed by atoms with Gasteiger partial charge in [-0.1, -0.05) is 20.8 Å². The van der Waals surface area contributed by atoms with Crippen LogP contribution >= 0.6 is 0 Å². The molecule has 0 aliphatic rings. The van der Waals surface area contributed by atoms with Crippen molar-refractivity contribution in [3.63, 3.8) is 0 Å². The van der Waals surface area contributed by atoms with E-state index in [1.165, 1.54) is 32.4 Å². The monoisotopic (exact) mass is 214 g/mol. The molecule has 1 unspecified atom stereocenters. The van der Waals surface area contributed by atoms with Gasteiger partial charge in [0.1, 0.15) is 0 Å². The van der Waals surface area contributed by atoms with Crippen LogP contribution in [0.3, 0.4) is 0 Å². The summed E-state index contributed by atoms with van der Waals surface area (Å²) in [6.07, 6.45) is 3.86. The minimum absolute atomic E-state index is 0.728. The Balaban J connectivity index is 3.34. The van der Waals surface area contributed by atoms with Crippen molar-refractivity contribution in [2.75, 3.05) is 26.7 Å². The van der Waals surface area contributed by atoms with Crippen molar-refractivity contribution in [2.24, 2.45) is 5.92 Å². The molecular weight excluding hydrogens is 184 g/mol. The molecule has 2 heteroatoms. The van der Waals surface area contributed by atoms with E-state index in [2.05, 4.69) is 45.0 Å². The molecule has 0 saturated carbocycles. The van der Waals surface area contributed by atoms with Gasteiger partial charge in [-0.05, 0) is 58.8 Å². The standard InChI is InChI=1S/C13H30N2/c1-6-10-15(5)13(4)8-7-9-14-11-12(2)3/h12-14H,6-11H2,1-5H3. The van der Waals surface area contributed by atoms with E-state index in [-0.39, 0.29) is 0 Å². The van der Waals surface area contributed by atoms with Crippen molar-refractivity contribution in [3.05, 3.63) is 0 Å². The van der Waals surface area contributed by atoms with E-state index in [9.17, 15) is 0 Å². The first-order chi connectivity index (χ1) is 7.07. The van der Waals surface area contributed by atoms with Crippen LogP contribution in [-0.2, 0) is 0 Å². The van der Waals surface area contributed by atoms with Crippen molar-refractivity contribution in [3.8, 4) is 0 Å². The molecule has 1 atom stereocenters. The maximum Gasteiger partial charge on any atom is 0.00643 e. The Hall–Kier alpha value is -0.0800. The molecule has 92 valence electrons. The van der Waals surface area contributed by atoms with Gasteiger partial charge in [0.25, 0.3) is 0 Å². The Morgan fingerprint density at radius 3 is 2.40 bits per heavy atom. The summed E-state index contributed by atoms with van der Waals surface area (Å²) in [5.41, 5.74) is 0. The van der Waals surface area contributed by atoms with Gasteiger partial charge >= 0.3 is 0 Å². The normalized spacial score (nSPS) is 13.8. The summed E-state index contributed by atoms with van der Waals surface area (Å²) in [5.74, 6) is 0.769. The van der Waals surface area contributed by atoms with Gasteiger partial charge in [0, 0.05) is 6.04 Å². The summed E-state index contributed by atoms with van der Waals surface area (Å²) in [7, 11) is 2.23. The smallest absolute Gasteiger partial charge is 0.00643 e. The summed E-state index contributed by atoms with van der Waals surface area (Å²) in [6, 6.07) is 0.728. The van der Waals surface area contributed by atoms with Crippen LogP contribution in [0.25, 0.3) is 0 Å². The molecule has 0 aromatic rings. The average molecular weight is 214 g/mol. The first kappa shape index (κ1) is 14.9. The van der Waals surface area contributed by atoms with E-state index in [1.54, 1.807) is 0 Å². The van der Waals surface area contributed by atoms with Gasteiger partial charge in [-0.3, -0.25) is 0 Å². The molecule has 0 amide bonds. The van der Waals surface area contributed by atoms with Crippen LogP contribution in [-0.4, -0.2) is 37.6 Å². The number of nitrogens with one attached hydrogen (secondary N) is 1. The number of rotatable bonds is 9. The Morgan fingerprint density at radius 1 is 1.20 bits per heavy atom. The molecule has 0 spiro atoms. The Morgan fingerprint density at radius 2 is 1.87 bits per heavy atom. The first-order valence-electron chi connectivity index (χ1n) is 6.48. The molecule has 0 rings (SSSR count). The van der Waals surface area contributed by atoms with E-state index >= 15 is 0 Å².